The van der Waals surface area contributed by atoms with E-state index in [2.05, 4.69) is 6.92 Å². The molecule has 0 fully saturated rings. The monoisotopic (exact) mass is 294 g/mol. The molecule has 0 aromatic carbocycles. The van der Waals surface area contributed by atoms with Crippen LogP contribution >= 0.6 is 0 Å². The van der Waals surface area contributed by atoms with Gasteiger partial charge in [-0.2, -0.15) is 0 Å². The molecule has 6 heteroatoms. The zero-order valence-electron chi connectivity index (χ0n) is 13.0. The summed E-state index contributed by atoms with van der Waals surface area (Å²) in [5.74, 6) is 0. The van der Waals surface area contributed by atoms with Gasteiger partial charge < -0.3 is 23.1 Å². The van der Waals surface area contributed by atoms with Crippen molar-refractivity contribution in [1.82, 2.24) is 0 Å². The predicted octanol–water partition coefficient (Wildman–Crippen LogP) is 1.67. The van der Waals surface area contributed by atoms with Crippen LogP contribution < -0.4 is 0 Å². The highest BCUT2D eigenvalue weighted by atomic mass is 28.3. The van der Waals surface area contributed by atoms with Gasteiger partial charge in [0.25, 0.3) is 0 Å². The molecule has 19 heavy (non-hydrogen) atoms. The van der Waals surface area contributed by atoms with E-state index in [-0.39, 0.29) is 11.8 Å². The van der Waals surface area contributed by atoms with Gasteiger partial charge in [-0.15, -0.1) is 0 Å². The lowest BCUT2D eigenvalue weighted by molar-refractivity contribution is -0.0476. The highest BCUT2D eigenvalue weighted by Crippen LogP contribution is 2.10. The molecule has 0 heterocycles. The smallest absolute Gasteiger partial charge is 0.351 e. The molecule has 0 aliphatic heterocycles. The Labute approximate surface area is 119 Å². The maximum atomic E-state index is 5.96. The van der Waals surface area contributed by atoms with Crippen LogP contribution in [-0.4, -0.2) is 61.8 Å². The summed E-state index contributed by atoms with van der Waals surface area (Å²) < 4.78 is 27.8. The molecule has 0 aromatic rings. The van der Waals surface area contributed by atoms with Crippen LogP contribution in [0.3, 0.4) is 0 Å². The molecule has 5 nitrogen and oxygen atoms in total. The van der Waals surface area contributed by atoms with Gasteiger partial charge in [0.1, 0.15) is 6.10 Å². The molecule has 0 saturated heterocycles. The molecule has 116 valence electrons. The summed E-state index contributed by atoms with van der Waals surface area (Å²) >= 11 is 0. The van der Waals surface area contributed by atoms with Gasteiger partial charge in [0, 0.05) is 27.4 Å². The fraction of sp³-hybridized carbons (Fsp3) is 1.00. The summed E-state index contributed by atoms with van der Waals surface area (Å²) in [6, 6.07) is 0. The molecule has 0 saturated carbocycles. The molecular weight excluding hydrogens is 264 g/mol. The van der Waals surface area contributed by atoms with Crippen molar-refractivity contribution in [3.05, 3.63) is 0 Å². The van der Waals surface area contributed by atoms with Crippen molar-refractivity contribution >= 4 is 9.28 Å². The average molecular weight is 294 g/mol. The molecule has 0 bridgehead atoms. The van der Waals surface area contributed by atoms with Crippen LogP contribution in [0.25, 0.3) is 0 Å². The van der Waals surface area contributed by atoms with E-state index in [4.69, 9.17) is 23.1 Å². The third-order valence-electron chi connectivity index (χ3n) is 2.72. The molecule has 0 N–H and O–H groups in total. The molecule has 0 amide bonds. The Bertz CT molecular complexity index is 188. The molecule has 0 radical (unpaired) electrons. The highest BCUT2D eigenvalue weighted by Gasteiger charge is 2.27. The Hall–Kier alpha value is 0.0169. The fourth-order valence-corrected chi connectivity index (χ4v) is 3.83. The maximum Gasteiger partial charge on any atom is 0.351 e. The first-order chi connectivity index (χ1) is 9.23. The van der Waals surface area contributed by atoms with Crippen LogP contribution in [0.4, 0.5) is 0 Å². The Kier molecular flexibility index (Phi) is 13.0. The minimum atomic E-state index is -1.77. The van der Waals surface area contributed by atoms with Gasteiger partial charge in [0.15, 0.2) is 0 Å². The average Bonchev–Trinajstić information content (AvgIpc) is 2.41. The van der Waals surface area contributed by atoms with Gasteiger partial charge in [0.05, 0.1) is 18.9 Å². The second-order valence-corrected chi connectivity index (χ2v) is 6.40. The summed E-state index contributed by atoms with van der Waals surface area (Å²) in [6.07, 6.45) is 1.97. The molecule has 0 aliphatic rings. The second kappa shape index (κ2) is 13.0. The van der Waals surface area contributed by atoms with Crippen LogP contribution in [-0.2, 0) is 23.1 Å². The number of ether oxygens (including phenoxy) is 3. The maximum absolute atomic E-state index is 5.96. The first-order valence-electron chi connectivity index (χ1n) is 7.09. The third kappa shape index (κ3) is 8.72. The number of methoxy groups -OCH3 is 2. The molecule has 0 aromatic heterocycles. The quantitative estimate of drug-likeness (QED) is 0.484. The first kappa shape index (κ1) is 19.0. The normalized spacial score (nSPS) is 14.8. The lowest BCUT2D eigenvalue weighted by Crippen LogP contribution is -2.41. The second-order valence-electron chi connectivity index (χ2n) is 4.25. The van der Waals surface area contributed by atoms with E-state index >= 15 is 0 Å². The summed E-state index contributed by atoms with van der Waals surface area (Å²) in [7, 11) is 1.55. The SMILES string of the molecule is CCCC(OCC(COC)OC)[SiH](OCC)OCC. The van der Waals surface area contributed by atoms with Gasteiger partial charge in [-0.3, -0.25) is 0 Å². The third-order valence-corrected chi connectivity index (χ3v) is 5.18. The zero-order chi connectivity index (χ0) is 14.5. The minimum absolute atomic E-state index is 0.0396. The van der Waals surface area contributed by atoms with Crippen LogP contribution in [0.1, 0.15) is 33.6 Å². The summed E-state index contributed by atoms with van der Waals surface area (Å²) in [5, 5.41) is 0. The van der Waals surface area contributed by atoms with E-state index in [1.165, 1.54) is 0 Å². The van der Waals surface area contributed by atoms with Gasteiger partial charge in [-0.1, -0.05) is 13.3 Å². The van der Waals surface area contributed by atoms with Crippen LogP contribution in [0.15, 0.2) is 0 Å². The van der Waals surface area contributed by atoms with Crippen molar-refractivity contribution in [3.8, 4) is 0 Å². The topological polar surface area (TPSA) is 46.2 Å². The molecule has 2 unspecified atom stereocenters. The van der Waals surface area contributed by atoms with Gasteiger partial charge in [0.2, 0.25) is 0 Å². The Morgan fingerprint density at radius 2 is 1.58 bits per heavy atom. The van der Waals surface area contributed by atoms with Crippen molar-refractivity contribution in [2.45, 2.75) is 45.4 Å². The Morgan fingerprint density at radius 1 is 0.947 bits per heavy atom. The van der Waals surface area contributed by atoms with E-state index in [0.29, 0.717) is 26.4 Å². The predicted molar refractivity (Wildman–Crippen MR) is 77.7 cm³/mol. The van der Waals surface area contributed by atoms with E-state index in [0.717, 1.165) is 12.8 Å². The summed E-state index contributed by atoms with van der Waals surface area (Å²) in [5.41, 5.74) is 0.0689. The van der Waals surface area contributed by atoms with Crippen molar-refractivity contribution in [2.75, 3.05) is 40.6 Å². The Balaban J connectivity index is 4.33. The van der Waals surface area contributed by atoms with Crippen molar-refractivity contribution in [1.29, 1.82) is 0 Å². The summed E-state index contributed by atoms with van der Waals surface area (Å²) in [4.78, 5) is 0. The first-order valence-corrected chi connectivity index (χ1v) is 8.70. The zero-order valence-corrected chi connectivity index (χ0v) is 14.2. The van der Waals surface area contributed by atoms with E-state index < -0.39 is 9.28 Å². The molecular formula is C13H30O5Si. The molecule has 0 aliphatic carbocycles. The Morgan fingerprint density at radius 3 is 2.00 bits per heavy atom. The van der Waals surface area contributed by atoms with Gasteiger partial charge >= 0.3 is 9.28 Å². The molecule has 0 rings (SSSR count). The van der Waals surface area contributed by atoms with Crippen LogP contribution in [0.2, 0.25) is 0 Å². The highest BCUT2D eigenvalue weighted by molar-refractivity contribution is 6.46. The largest absolute Gasteiger partial charge is 0.395 e. The number of rotatable bonds is 13. The van der Waals surface area contributed by atoms with Crippen LogP contribution in [0, 0.1) is 0 Å². The van der Waals surface area contributed by atoms with Crippen LogP contribution in [0.5, 0.6) is 0 Å². The van der Waals surface area contributed by atoms with Gasteiger partial charge in [-0.25, -0.2) is 0 Å². The lowest BCUT2D eigenvalue weighted by atomic mass is 10.3. The lowest BCUT2D eigenvalue weighted by Gasteiger charge is -2.26. The number of hydrogen-bond donors (Lipinski definition) is 0. The van der Waals surface area contributed by atoms with Gasteiger partial charge in [-0.05, 0) is 20.3 Å². The minimum Gasteiger partial charge on any atom is -0.395 e. The van der Waals surface area contributed by atoms with E-state index in [1.807, 2.05) is 13.8 Å². The van der Waals surface area contributed by atoms with Crippen molar-refractivity contribution < 1.29 is 23.1 Å². The molecule has 0 spiro atoms. The summed E-state index contributed by atoms with van der Waals surface area (Å²) in [6.45, 7) is 8.51. The fourth-order valence-electron chi connectivity index (χ4n) is 1.77. The van der Waals surface area contributed by atoms with Crippen molar-refractivity contribution in [3.63, 3.8) is 0 Å². The molecule has 2 atom stereocenters. The standard InChI is InChI=1S/C13H30O5Si/c1-6-9-13(19(17-7-2)18-8-3)16-11-12(15-5)10-14-4/h12-13,19H,6-11H2,1-5H3. The van der Waals surface area contributed by atoms with Crippen molar-refractivity contribution in [2.24, 2.45) is 0 Å². The van der Waals surface area contributed by atoms with E-state index in [9.17, 15) is 0 Å². The van der Waals surface area contributed by atoms with E-state index in [1.54, 1.807) is 14.2 Å². The number of hydrogen-bond acceptors (Lipinski definition) is 5.